The second-order valence-corrected chi connectivity index (χ2v) is 4.58. The zero-order valence-corrected chi connectivity index (χ0v) is 11.7. The molecule has 2 N–H and O–H groups in total. The van der Waals surface area contributed by atoms with Crippen molar-refractivity contribution >= 4 is 0 Å². The molecule has 21 heavy (non-hydrogen) atoms. The van der Waals surface area contributed by atoms with Crippen molar-refractivity contribution in [2.75, 3.05) is 13.7 Å². The molecule has 0 aliphatic carbocycles. The van der Waals surface area contributed by atoms with Gasteiger partial charge in [0.15, 0.2) is 0 Å². The Morgan fingerprint density at radius 3 is 2.38 bits per heavy atom. The van der Waals surface area contributed by atoms with E-state index >= 15 is 0 Å². The van der Waals surface area contributed by atoms with E-state index in [1.807, 2.05) is 12.1 Å². The maximum absolute atomic E-state index is 13.1. The van der Waals surface area contributed by atoms with Crippen LogP contribution in [0.15, 0.2) is 36.4 Å². The normalized spacial score (nSPS) is 10.5. The molecule has 0 fully saturated rings. The topological polar surface area (TPSA) is 44.5 Å². The smallest absolute Gasteiger partial charge is 0.126 e. The van der Waals surface area contributed by atoms with Gasteiger partial charge in [-0.1, -0.05) is 6.07 Å². The van der Waals surface area contributed by atoms with Crippen molar-refractivity contribution in [2.45, 2.75) is 13.0 Å². The molecule has 0 aliphatic rings. The van der Waals surface area contributed by atoms with Crippen LogP contribution in [0.4, 0.5) is 8.78 Å². The number of methoxy groups -OCH3 is 1. The van der Waals surface area contributed by atoms with E-state index in [4.69, 9.17) is 15.2 Å². The number of nitrogens with two attached hydrogens (primary N) is 1. The first-order chi connectivity index (χ1) is 10.1. The van der Waals surface area contributed by atoms with E-state index in [9.17, 15) is 8.78 Å². The van der Waals surface area contributed by atoms with Crippen LogP contribution in [-0.4, -0.2) is 13.7 Å². The summed E-state index contributed by atoms with van der Waals surface area (Å²) in [7, 11) is 1.56. The van der Waals surface area contributed by atoms with Crippen LogP contribution in [0.25, 0.3) is 0 Å². The quantitative estimate of drug-likeness (QED) is 0.890. The van der Waals surface area contributed by atoms with Crippen LogP contribution < -0.4 is 15.2 Å². The van der Waals surface area contributed by atoms with Gasteiger partial charge in [0.1, 0.15) is 29.7 Å². The fourth-order valence-corrected chi connectivity index (χ4v) is 2.01. The average Bonchev–Trinajstić information content (AvgIpc) is 2.45. The zero-order valence-electron chi connectivity index (χ0n) is 11.7. The predicted molar refractivity (Wildman–Crippen MR) is 76.4 cm³/mol. The number of hydrogen-bond acceptors (Lipinski definition) is 3. The molecule has 0 atom stereocenters. The van der Waals surface area contributed by atoms with Gasteiger partial charge in [0.05, 0.1) is 7.11 Å². The molecule has 0 aliphatic heterocycles. The summed E-state index contributed by atoms with van der Waals surface area (Å²) in [5, 5.41) is 0. The van der Waals surface area contributed by atoms with Crippen LogP contribution in [0, 0.1) is 11.6 Å². The summed E-state index contributed by atoms with van der Waals surface area (Å²) in [4.78, 5) is 0. The highest BCUT2D eigenvalue weighted by atomic mass is 19.1. The molecule has 0 aromatic heterocycles. The lowest BCUT2D eigenvalue weighted by Gasteiger charge is -2.13. The van der Waals surface area contributed by atoms with Gasteiger partial charge in [-0.15, -0.1) is 0 Å². The first-order valence-corrected chi connectivity index (χ1v) is 6.57. The average molecular weight is 293 g/mol. The van der Waals surface area contributed by atoms with Gasteiger partial charge in [0.25, 0.3) is 0 Å². The van der Waals surface area contributed by atoms with Crippen LogP contribution in [0.3, 0.4) is 0 Å². The first-order valence-electron chi connectivity index (χ1n) is 6.57. The minimum Gasteiger partial charge on any atom is -0.497 e. The molecular weight excluding hydrogens is 276 g/mol. The monoisotopic (exact) mass is 293 g/mol. The van der Waals surface area contributed by atoms with Crippen molar-refractivity contribution in [3.05, 3.63) is 59.2 Å². The number of benzene rings is 2. The van der Waals surface area contributed by atoms with E-state index in [0.717, 1.165) is 11.6 Å². The van der Waals surface area contributed by atoms with E-state index in [-0.39, 0.29) is 6.61 Å². The molecule has 0 unspecified atom stereocenters. The van der Waals surface area contributed by atoms with Crippen LogP contribution in [0.2, 0.25) is 0 Å². The molecule has 2 aromatic carbocycles. The molecule has 3 nitrogen and oxygen atoms in total. The van der Waals surface area contributed by atoms with Crippen LogP contribution in [0.5, 0.6) is 11.5 Å². The molecule has 2 rings (SSSR count). The van der Waals surface area contributed by atoms with Gasteiger partial charge < -0.3 is 15.2 Å². The fourth-order valence-electron chi connectivity index (χ4n) is 2.01. The zero-order chi connectivity index (χ0) is 15.2. The van der Waals surface area contributed by atoms with Crippen LogP contribution >= 0.6 is 0 Å². The van der Waals surface area contributed by atoms with E-state index in [0.29, 0.717) is 30.0 Å². The predicted octanol–water partition coefficient (Wildman–Crippen LogP) is 3.05. The molecule has 0 spiro atoms. The maximum Gasteiger partial charge on any atom is 0.126 e. The van der Waals surface area contributed by atoms with E-state index < -0.39 is 11.6 Å². The lowest BCUT2D eigenvalue weighted by molar-refractivity contribution is 0.299. The Bertz CT molecular complexity index is 597. The van der Waals surface area contributed by atoms with Crippen molar-refractivity contribution in [3.63, 3.8) is 0 Å². The first kappa shape index (κ1) is 15.3. The summed E-state index contributed by atoms with van der Waals surface area (Å²) in [6.07, 6.45) is 0.650. The molecular formula is C16H17F2NO2. The van der Waals surface area contributed by atoms with Crippen molar-refractivity contribution in [1.29, 1.82) is 0 Å². The Labute approximate surface area is 122 Å². The van der Waals surface area contributed by atoms with Crippen molar-refractivity contribution < 1.29 is 18.3 Å². The SMILES string of the molecule is COc1ccc(CCN)c(OCc2cc(F)cc(F)c2)c1. The van der Waals surface area contributed by atoms with Crippen molar-refractivity contribution in [3.8, 4) is 11.5 Å². The number of rotatable bonds is 6. The Hall–Kier alpha value is -2.14. The molecule has 0 heterocycles. The minimum atomic E-state index is -0.624. The number of ether oxygens (including phenoxy) is 2. The highest BCUT2D eigenvalue weighted by Gasteiger charge is 2.07. The molecule has 2 aromatic rings. The largest absolute Gasteiger partial charge is 0.497 e. The molecule has 5 heteroatoms. The van der Waals surface area contributed by atoms with Crippen molar-refractivity contribution in [2.24, 2.45) is 5.73 Å². The summed E-state index contributed by atoms with van der Waals surface area (Å²) < 4.78 is 37.1. The summed E-state index contributed by atoms with van der Waals surface area (Å²) >= 11 is 0. The Kier molecular flexibility index (Phi) is 5.11. The van der Waals surface area contributed by atoms with Gasteiger partial charge in [-0.25, -0.2) is 8.78 Å². The van der Waals surface area contributed by atoms with Crippen LogP contribution in [0.1, 0.15) is 11.1 Å². The summed E-state index contributed by atoms with van der Waals surface area (Å²) in [6.45, 7) is 0.552. The minimum absolute atomic E-state index is 0.0689. The highest BCUT2D eigenvalue weighted by Crippen LogP contribution is 2.26. The van der Waals surface area contributed by atoms with Crippen LogP contribution in [-0.2, 0) is 13.0 Å². The van der Waals surface area contributed by atoms with E-state index in [2.05, 4.69) is 0 Å². The second kappa shape index (κ2) is 7.04. The van der Waals surface area contributed by atoms with Gasteiger partial charge in [0.2, 0.25) is 0 Å². The Balaban J connectivity index is 2.17. The molecule has 112 valence electrons. The third-order valence-corrected chi connectivity index (χ3v) is 3.00. The molecule has 0 saturated heterocycles. The highest BCUT2D eigenvalue weighted by molar-refractivity contribution is 5.41. The van der Waals surface area contributed by atoms with Gasteiger partial charge in [-0.2, -0.15) is 0 Å². The van der Waals surface area contributed by atoms with Gasteiger partial charge >= 0.3 is 0 Å². The fraction of sp³-hybridized carbons (Fsp3) is 0.250. The van der Waals surface area contributed by atoms with Crippen molar-refractivity contribution in [1.82, 2.24) is 0 Å². The number of halogens is 2. The molecule has 0 amide bonds. The standard InChI is InChI=1S/C16H17F2NO2/c1-20-15-3-2-12(4-5-19)16(9-15)21-10-11-6-13(17)8-14(18)7-11/h2-3,6-9H,4-5,10,19H2,1H3. The second-order valence-electron chi connectivity index (χ2n) is 4.58. The third kappa shape index (κ3) is 4.16. The van der Waals surface area contributed by atoms with Gasteiger partial charge in [0, 0.05) is 12.1 Å². The maximum atomic E-state index is 13.1. The Morgan fingerprint density at radius 1 is 1.05 bits per heavy atom. The Morgan fingerprint density at radius 2 is 1.76 bits per heavy atom. The number of hydrogen-bond donors (Lipinski definition) is 1. The molecule has 0 radical (unpaired) electrons. The van der Waals surface area contributed by atoms with Gasteiger partial charge in [-0.05, 0) is 42.3 Å². The van der Waals surface area contributed by atoms with Gasteiger partial charge in [-0.3, -0.25) is 0 Å². The molecule has 0 bridgehead atoms. The third-order valence-electron chi connectivity index (χ3n) is 3.00. The summed E-state index contributed by atoms with van der Waals surface area (Å²) in [5.74, 6) is 0.00325. The lowest BCUT2D eigenvalue weighted by Crippen LogP contribution is -2.06. The summed E-state index contributed by atoms with van der Waals surface area (Å²) in [5.41, 5.74) is 6.91. The summed E-state index contributed by atoms with van der Waals surface area (Å²) in [6, 6.07) is 8.74. The van der Waals surface area contributed by atoms with E-state index in [1.165, 1.54) is 12.1 Å². The van der Waals surface area contributed by atoms with E-state index in [1.54, 1.807) is 13.2 Å². The molecule has 0 saturated carbocycles. The lowest BCUT2D eigenvalue weighted by atomic mass is 10.1.